The molecular weight excluding hydrogens is 544 g/mol. The van der Waals surface area contributed by atoms with Gasteiger partial charge in [-0.15, -0.1) is 0 Å². The number of hydrogen-bond acceptors (Lipinski definition) is 8. The number of nitrogens with one attached hydrogen (secondary N) is 1. The third-order valence-electron chi connectivity index (χ3n) is 5.32. The van der Waals surface area contributed by atoms with Crippen molar-refractivity contribution in [2.24, 2.45) is 0 Å². The zero-order chi connectivity index (χ0) is 29.2. The largest absolute Gasteiger partial charge is 0.490 e. The minimum Gasteiger partial charge on any atom is -0.475 e. The second kappa shape index (κ2) is 13.7. The summed E-state index contributed by atoms with van der Waals surface area (Å²) in [4.78, 5) is 45.2. The van der Waals surface area contributed by atoms with Crippen molar-refractivity contribution in [1.82, 2.24) is 20.3 Å². The van der Waals surface area contributed by atoms with Crippen LogP contribution in [0.3, 0.4) is 0 Å². The van der Waals surface area contributed by atoms with Gasteiger partial charge >= 0.3 is 24.3 Å². The smallest absolute Gasteiger partial charge is 0.475 e. The van der Waals surface area contributed by atoms with Gasteiger partial charge in [0.1, 0.15) is 6.10 Å². The number of ether oxygens (including phenoxy) is 1. The number of alkyl halides is 6. The van der Waals surface area contributed by atoms with Crippen molar-refractivity contribution in [1.29, 1.82) is 0 Å². The molecule has 4 heterocycles. The molecule has 0 aliphatic carbocycles. The Morgan fingerprint density at radius 3 is 2.05 bits per heavy atom. The van der Waals surface area contributed by atoms with Gasteiger partial charge in [0.15, 0.2) is 0 Å². The Hall–Kier alpha value is -4.02. The molecule has 0 saturated carbocycles. The number of rotatable bonds is 4. The number of fused-ring (bicyclic) bond motifs is 1. The molecule has 1 amide bonds. The normalized spacial score (nSPS) is 20.4. The Balaban J connectivity index is 0.000000317. The number of amides is 1. The van der Waals surface area contributed by atoms with Crippen molar-refractivity contribution in [3.8, 4) is 0 Å². The highest BCUT2D eigenvalue weighted by atomic mass is 19.4. The number of aliphatic carboxylic acids is 2. The van der Waals surface area contributed by atoms with E-state index in [1.54, 1.807) is 24.8 Å². The van der Waals surface area contributed by atoms with Crippen LogP contribution < -0.4 is 10.2 Å². The maximum Gasteiger partial charge on any atom is 0.490 e. The summed E-state index contributed by atoms with van der Waals surface area (Å²) < 4.78 is 69.6. The van der Waals surface area contributed by atoms with Crippen LogP contribution in [0, 0.1) is 0 Å². The van der Waals surface area contributed by atoms with E-state index in [0.717, 1.165) is 30.9 Å². The average molecular weight is 567 g/mol. The van der Waals surface area contributed by atoms with Crippen LogP contribution in [0.2, 0.25) is 0 Å². The van der Waals surface area contributed by atoms with Gasteiger partial charge in [0.05, 0.1) is 12.1 Å². The van der Waals surface area contributed by atoms with E-state index < -0.39 is 24.3 Å². The number of carbonyl (C=O) groups excluding carboxylic acids is 1. The summed E-state index contributed by atoms with van der Waals surface area (Å²) in [6, 6.07) is 5.88. The molecule has 0 aromatic carbocycles. The molecule has 2 aromatic heterocycles. The minimum atomic E-state index is -5.08. The van der Waals surface area contributed by atoms with Crippen molar-refractivity contribution < 1.29 is 55.7 Å². The maximum atomic E-state index is 12.4. The lowest BCUT2D eigenvalue weighted by Gasteiger charge is -2.35. The number of carboxylic acids is 2. The Morgan fingerprint density at radius 2 is 1.54 bits per heavy atom. The minimum absolute atomic E-state index is 0.0447. The third kappa shape index (κ3) is 9.99. The molecule has 4 rings (SSSR count). The molecule has 3 N–H and O–H groups in total. The Bertz CT molecular complexity index is 1070. The topological polar surface area (TPSA) is 155 Å². The summed E-state index contributed by atoms with van der Waals surface area (Å²) >= 11 is 0. The van der Waals surface area contributed by atoms with Crippen LogP contribution in [0.5, 0.6) is 0 Å². The van der Waals surface area contributed by atoms with Gasteiger partial charge < -0.3 is 25.2 Å². The molecule has 2 aromatic rings. The third-order valence-corrected chi connectivity index (χ3v) is 5.32. The van der Waals surface area contributed by atoms with Crippen molar-refractivity contribution in [2.75, 3.05) is 11.4 Å². The molecule has 0 bridgehead atoms. The van der Waals surface area contributed by atoms with Crippen LogP contribution in [-0.2, 0) is 25.7 Å². The average Bonchev–Trinajstić information content (AvgIpc) is 3.31. The lowest BCUT2D eigenvalue weighted by atomic mass is 9.98. The predicted octanol–water partition coefficient (Wildman–Crippen LogP) is 2.58. The molecule has 0 spiro atoms. The van der Waals surface area contributed by atoms with E-state index >= 15 is 0 Å². The molecule has 2 aliphatic rings. The summed E-state index contributed by atoms with van der Waals surface area (Å²) in [5, 5.41) is 17.2. The molecule has 39 heavy (non-hydrogen) atoms. The number of hydrogen-bond donors (Lipinski definition) is 3. The number of anilines is 1. The molecule has 0 radical (unpaired) electrons. The highest BCUT2D eigenvalue weighted by Gasteiger charge is 2.42. The summed E-state index contributed by atoms with van der Waals surface area (Å²) in [6.45, 7) is 1.34. The number of nitrogens with zero attached hydrogens (tertiary/aromatic N) is 4. The van der Waals surface area contributed by atoms with E-state index in [9.17, 15) is 31.1 Å². The van der Waals surface area contributed by atoms with Crippen molar-refractivity contribution in [3.05, 3.63) is 48.5 Å². The predicted molar refractivity (Wildman–Crippen MR) is 119 cm³/mol. The van der Waals surface area contributed by atoms with Crippen molar-refractivity contribution in [3.63, 3.8) is 0 Å². The van der Waals surface area contributed by atoms with Crippen LogP contribution in [-0.4, -0.2) is 80.2 Å². The Morgan fingerprint density at radius 1 is 0.949 bits per heavy atom. The van der Waals surface area contributed by atoms with Crippen molar-refractivity contribution >= 4 is 23.8 Å². The standard InChI is InChI=1S/C18H21N5O2.2C2HF3O2/c24-17(22-12-13-3-1-7-19-11-13)16-5-4-14-15(25-16)6-10-23(14)18-20-8-2-9-21-18;2*3-2(4,5)1(6)7/h1-3,7-9,11,14-16H,4-6,10,12H2,(H,22,24);2*(H,6,7)/t14-,15-,16-;;/m1../s1. The Kier molecular flexibility index (Phi) is 10.9. The summed E-state index contributed by atoms with van der Waals surface area (Å²) in [7, 11) is 0. The van der Waals surface area contributed by atoms with Gasteiger partial charge in [-0.3, -0.25) is 9.78 Å². The zero-order valence-electron chi connectivity index (χ0n) is 19.9. The molecule has 2 saturated heterocycles. The van der Waals surface area contributed by atoms with E-state index in [4.69, 9.17) is 24.5 Å². The first-order chi connectivity index (χ1) is 18.2. The van der Waals surface area contributed by atoms with Gasteiger partial charge in [0.2, 0.25) is 11.9 Å². The maximum absolute atomic E-state index is 12.4. The van der Waals surface area contributed by atoms with Gasteiger partial charge in [-0.2, -0.15) is 26.3 Å². The van der Waals surface area contributed by atoms with Gasteiger partial charge in [-0.1, -0.05) is 6.07 Å². The fourth-order valence-corrected chi connectivity index (χ4v) is 3.61. The quantitative estimate of drug-likeness (QED) is 0.470. The molecule has 0 unspecified atom stereocenters. The van der Waals surface area contributed by atoms with Crippen LogP contribution >= 0.6 is 0 Å². The van der Waals surface area contributed by atoms with E-state index in [1.165, 1.54) is 0 Å². The number of pyridine rings is 1. The lowest BCUT2D eigenvalue weighted by molar-refractivity contribution is -0.193. The number of halogens is 6. The van der Waals surface area contributed by atoms with E-state index in [2.05, 4.69) is 25.2 Å². The van der Waals surface area contributed by atoms with E-state index in [0.29, 0.717) is 13.0 Å². The highest BCUT2D eigenvalue weighted by molar-refractivity contribution is 5.81. The lowest BCUT2D eigenvalue weighted by Crippen LogP contribution is -2.48. The second-order valence-electron chi connectivity index (χ2n) is 8.02. The summed E-state index contributed by atoms with van der Waals surface area (Å²) in [6.07, 6.45) is -0.972. The SMILES string of the molecule is O=C(NCc1cccnc1)[C@H]1CC[C@@H]2[C@@H](CCN2c2ncccn2)O1.O=C(O)C(F)(F)F.O=C(O)C(F)(F)F. The van der Waals surface area contributed by atoms with Crippen LogP contribution in [0.25, 0.3) is 0 Å². The first kappa shape index (κ1) is 31.2. The van der Waals surface area contributed by atoms with E-state index in [1.807, 2.05) is 18.2 Å². The molecule has 3 atom stereocenters. The monoisotopic (exact) mass is 567 g/mol. The Labute approximate surface area is 216 Å². The van der Waals surface area contributed by atoms with Gasteiger partial charge in [-0.05, 0) is 37.0 Å². The van der Waals surface area contributed by atoms with Gasteiger partial charge in [-0.25, -0.2) is 19.6 Å². The molecule has 11 nitrogen and oxygen atoms in total. The van der Waals surface area contributed by atoms with Crippen LogP contribution in [0.1, 0.15) is 24.8 Å². The molecule has 214 valence electrons. The summed E-state index contributed by atoms with van der Waals surface area (Å²) in [5.74, 6) is -4.81. The molecule has 17 heteroatoms. The summed E-state index contributed by atoms with van der Waals surface area (Å²) in [5.41, 5.74) is 0.984. The van der Waals surface area contributed by atoms with Crippen molar-refractivity contribution in [2.45, 2.75) is 56.4 Å². The zero-order valence-corrected chi connectivity index (χ0v) is 19.9. The van der Waals surface area contributed by atoms with Gasteiger partial charge in [0.25, 0.3) is 0 Å². The highest BCUT2D eigenvalue weighted by Crippen LogP contribution is 2.33. The first-order valence-electron chi connectivity index (χ1n) is 11.2. The number of carbonyl (C=O) groups is 3. The first-order valence-corrected chi connectivity index (χ1v) is 11.2. The van der Waals surface area contributed by atoms with Crippen LogP contribution in [0.15, 0.2) is 43.0 Å². The number of aromatic nitrogens is 3. The van der Waals surface area contributed by atoms with E-state index in [-0.39, 0.29) is 24.2 Å². The second-order valence-corrected chi connectivity index (χ2v) is 8.02. The fraction of sp³-hybridized carbons (Fsp3) is 0.455. The van der Waals surface area contributed by atoms with Gasteiger partial charge in [0, 0.05) is 37.9 Å². The number of carboxylic acid groups (broad SMARTS) is 2. The fourth-order valence-electron chi connectivity index (χ4n) is 3.61. The van der Waals surface area contributed by atoms with Crippen LogP contribution in [0.4, 0.5) is 32.3 Å². The molecule has 2 aliphatic heterocycles. The molecule has 2 fully saturated rings. The molecular formula is C22H23F6N5O6.